The van der Waals surface area contributed by atoms with Crippen LogP contribution in [0.3, 0.4) is 0 Å². The van der Waals surface area contributed by atoms with Gasteiger partial charge in [-0.2, -0.15) is 0 Å². The van der Waals surface area contributed by atoms with Gasteiger partial charge < -0.3 is 9.80 Å². The maximum absolute atomic E-state index is 4.61. The highest BCUT2D eigenvalue weighted by Gasteiger charge is 2.35. The van der Waals surface area contributed by atoms with E-state index in [1.165, 1.54) is 61.2 Å². The Kier molecular flexibility index (Phi) is 16.0. The molecule has 2 aliphatic rings. The zero-order chi connectivity index (χ0) is 51.7. The van der Waals surface area contributed by atoms with E-state index in [4.69, 9.17) is 0 Å². The summed E-state index contributed by atoms with van der Waals surface area (Å²) in [5.74, 6) is 0. The fraction of sp³-hybridized carbons (Fsp3) is 0.183. The number of para-hydroxylation sites is 2. The van der Waals surface area contributed by atoms with Crippen LogP contribution in [-0.2, 0) is 10.8 Å². The summed E-state index contributed by atoms with van der Waals surface area (Å²) in [5, 5.41) is 0. The summed E-state index contributed by atoms with van der Waals surface area (Å²) < 4.78 is 0. The van der Waals surface area contributed by atoms with Gasteiger partial charge in [0.05, 0.1) is 0 Å². The smallest absolute Gasteiger partial charge is 0.0464 e. The van der Waals surface area contributed by atoms with Crippen LogP contribution >= 0.6 is 0 Å². The third-order valence-corrected chi connectivity index (χ3v) is 14.8. The number of hydrogen-bond donors (Lipinski definition) is 0. The fourth-order valence-corrected chi connectivity index (χ4v) is 10.7. The molecule has 0 aliphatic heterocycles. The van der Waals surface area contributed by atoms with E-state index < -0.39 is 0 Å². The summed E-state index contributed by atoms with van der Waals surface area (Å²) in [7, 11) is 0. The van der Waals surface area contributed by atoms with Crippen LogP contribution in [0.5, 0.6) is 0 Å². The average molecular weight is 953 g/mol. The molecule has 0 amide bonds. The summed E-state index contributed by atoms with van der Waals surface area (Å²) in [6, 6.07) is 52.9. The third-order valence-electron chi connectivity index (χ3n) is 14.8. The number of benzene rings is 6. The van der Waals surface area contributed by atoms with Crippen molar-refractivity contribution in [2.45, 2.75) is 79.6 Å². The molecule has 0 atom stereocenters. The monoisotopic (exact) mass is 953 g/mol. The van der Waals surface area contributed by atoms with Crippen molar-refractivity contribution in [1.82, 2.24) is 0 Å². The van der Waals surface area contributed by atoms with Crippen LogP contribution in [-0.4, -0.2) is 6.54 Å². The van der Waals surface area contributed by atoms with Gasteiger partial charge in [-0.1, -0.05) is 211 Å². The molecule has 2 aliphatic carbocycles. The van der Waals surface area contributed by atoms with Gasteiger partial charge in [-0.15, -0.1) is 0 Å². The molecular formula is C71H72N2. The van der Waals surface area contributed by atoms with Crippen LogP contribution in [0.2, 0.25) is 0 Å². The van der Waals surface area contributed by atoms with Gasteiger partial charge >= 0.3 is 0 Å². The molecule has 6 aromatic carbocycles. The Morgan fingerprint density at radius 3 is 1.97 bits per heavy atom. The molecule has 8 rings (SSSR count). The molecule has 0 N–H and O–H groups in total. The summed E-state index contributed by atoms with van der Waals surface area (Å²) in [4.78, 5) is 4.78. The Morgan fingerprint density at radius 2 is 1.26 bits per heavy atom. The lowest BCUT2D eigenvalue weighted by molar-refractivity contribution is 0.631. The quantitative estimate of drug-likeness (QED) is 0.0841. The molecule has 0 saturated heterocycles. The Labute approximate surface area is 437 Å². The average Bonchev–Trinajstić information content (AvgIpc) is 3.51. The second-order valence-corrected chi connectivity index (χ2v) is 20.2. The van der Waals surface area contributed by atoms with Crippen molar-refractivity contribution in [3.8, 4) is 11.1 Å². The minimum atomic E-state index is -0.188. The van der Waals surface area contributed by atoms with E-state index in [9.17, 15) is 0 Å². The van der Waals surface area contributed by atoms with E-state index in [0.29, 0.717) is 6.54 Å². The second-order valence-electron chi connectivity index (χ2n) is 20.2. The van der Waals surface area contributed by atoms with Gasteiger partial charge in [-0.25, -0.2) is 0 Å². The van der Waals surface area contributed by atoms with Crippen LogP contribution in [0.4, 0.5) is 22.7 Å². The van der Waals surface area contributed by atoms with Crippen LogP contribution in [0.1, 0.15) is 88.3 Å². The lowest BCUT2D eigenvalue weighted by atomic mass is 9.74. The number of allylic oxidation sites excluding steroid dienone is 18. The van der Waals surface area contributed by atoms with Gasteiger partial charge in [-0.3, -0.25) is 0 Å². The van der Waals surface area contributed by atoms with Crippen molar-refractivity contribution in [2.24, 2.45) is 0 Å². The minimum Gasteiger partial charge on any atom is -0.338 e. The molecule has 0 saturated carbocycles. The Hall–Kier alpha value is -7.94. The molecular weight excluding hydrogens is 881 g/mol. The Balaban J connectivity index is 1.02. The number of aryl methyl sites for hydroxylation is 2. The molecule has 366 valence electrons. The predicted molar refractivity (Wildman–Crippen MR) is 317 cm³/mol. The maximum Gasteiger partial charge on any atom is 0.0464 e. The normalized spacial score (nSPS) is 14.9. The maximum atomic E-state index is 4.61. The number of hydrogen-bond acceptors (Lipinski definition) is 2. The molecule has 2 heteroatoms. The van der Waals surface area contributed by atoms with Crippen molar-refractivity contribution in [3.63, 3.8) is 0 Å². The zero-order valence-electron chi connectivity index (χ0n) is 44.6. The first-order valence-electron chi connectivity index (χ1n) is 25.8. The Morgan fingerprint density at radius 1 is 0.630 bits per heavy atom. The van der Waals surface area contributed by atoms with E-state index in [-0.39, 0.29) is 10.8 Å². The molecule has 2 nitrogen and oxygen atoms in total. The van der Waals surface area contributed by atoms with Gasteiger partial charge in [-0.05, 0) is 174 Å². The molecule has 0 unspecified atom stereocenters. The summed E-state index contributed by atoms with van der Waals surface area (Å²) in [5.41, 5.74) is 22.7. The van der Waals surface area contributed by atoms with E-state index in [1.54, 1.807) is 0 Å². The van der Waals surface area contributed by atoms with Crippen LogP contribution in [0.15, 0.2) is 277 Å². The molecule has 73 heavy (non-hydrogen) atoms. The van der Waals surface area contributed by atoms with Crippen molar-refractivity contribution in [2.75, 3.05) is 16.3 Å². The molecule has 0 heterocycles. The van der Waals surface area contributed by atoms with E-state index in [2.05, 4.69) is 298 Å². The minimum absolute atomic E-state index is 0.0925. The van der Waals surface area contributed by atoms with Crippen molar-refractivity contribution >= 4 is 22.7 Å². The summed E-state index contributed by atoms with van der Waals surface area (Å²) in [6.45, 7) is 29.6. The SMILES string of the molecule is C=C/C=C\C(=C/CN(c1ccccc1)c1ccc2c(c1)C(C)(C)c1ccccc1-2)C(=C)/C=C\C(=C/C)C1=CCC=C(/C(C)=C/C(=C\C)N(c2ccccc2)c2ccc(C)c(C(C)(C)c3ccccc3C)c2)C=C1. The highest BCUT2D eigenvalue weighted by Crippen LogP contribution is 2.50. The highest BCUT2D eigenvalue weighted by molar-refractivity contribution is 5.83. The molecule has 0 fully saturated rings. The first kappa shape index (κ1) is 51.4. The van der Waals surface area contributed by atoms with Crippen LogP contribution in [0.25, 0.3) is 11.1 Å². The van der Waals surface area contributed by atoms with Gasteiger partial charge in [0.15, 0.2) is 0 Å². The number of anilines is 4. The third kappa shape index (κ3) is 11.1. The zero-order valence-corrected chi connectivity index (χ0v) is 44.6. The second kappa shape index (κ2) is 22.6. The van der Waals surface area contributed by atoms with Gasteiger partial charge in [0.2, 0.25) is 0 Å². The van der Waals surface area contributed by atoms with Crippen LogP contribution < -0.4 is 9.80 Å². The fourth-order valence-electron chi connectivity index (χ4n) is 10.7. The molecule has 0 aromatic heterocycles. The summed E-state index contributed by atoms with van der Waals surface area (Å²) in [6.07, 6.45) is 29.3. The van der Waals surface area contributed by atoms with Gasteiger partial charge in [0.25, 0.3) is 0 Å². The number of nitrogens with zero attached hydrogens (tertiary/aromatic N) is 2. The molecule has 0 bridgehead atoms. The first-order chi connectivity index (χ1) is 35.3. The standard InChI is InChI=1S/C71H72N2/c1-12-15-28-57(46-47-72(60-31-18-16-19-32-60)62-44-45-65-64-35-23-25-37-67(64)71(10,11)69(65)49-62)51(4)38-40-55(13-2)58-30-26-29-56(41-42-58)54(7)48-59(14-3)73(61-33-20-17-21-34-61)63-43-39-53(6)68(50-63)70(8,9)66-36-24-22-27-52(66)5/h12-25,27-46,48-50H,1,4,26,47H2,2-3,5-11H3/b28-15-,40-38-,54-48+,55-13+,57-46+,59-14+. The number of rotatable bonds is 17. The molecule has 0 radical (unpaired) electrons. The summed E-state index contributed by atoms with van der Waals surface area (Å²) >= 11 is 0. The van der Waals surface area contributed by atoms with E-state index >= 15 is 0 Å². The largest absolute Gasteiger partial charge is 0.338 e. The number of fused-ring (bicyclic) bond motifs is 3. The predicted octanol–water partition coefficient (Wildman–Crippen LogP) is 19.3. The van der Waals surface area contributed by atoms with Gasteiger partial charge in [0, 0.05) is 45.8 Å². The first-order valence-corrected chi connectivity index (χ1v) is 25.8. The highest BCUT2D eigenvalue weighted by atomic mass is 15.1. The van der Waals surface area contributed by atoms with Crippen molar-refractivity contribution < 1.29 is 0 Å². The lowest BCUT2D eigenvalue weighted by Gasteiger charge is -2.32. The van der Waals surface area contributed by atoms with E-state index in [0.717, 1.165) is 51.6 Å². The molecule has 0 spiro atoms. The Bertz CT molecular complexity index is 3300. The van der Waals surface area contributed by atoms with Crippen LogP contribution in [0, 0.1) is 13.8 Å². The topological polar surface area (TPSA) is 6.48 Å². The van der Waals surface area contributed by atoms with E-state index in [1.807, 2.05) is 12.2 Å². The van der Waals surface area contributed by atoms with Crippen molar-refractivity contribution in [3.05, 3.63) is 310 Å². The lowest BCUT2D eigenvalue weighted by Crippen LogP contribution is -2.23. The van der Waals surface area contributed by atoms with Crippen molar-refractivity contribution in [1.29, 1.82) is 0 Å². The molecule has 6 aromatic rings. The van der Waals surface area contributed by atoms with Gasteiger partial charge in [0.1, 0.15) is 0 Å².